The number of hydrogen-bond donors (Lipinski definition) is 0. The molecule has 0 aromatic heterocycles. The molecule has 0 aliphatic carbocycles. The van der Waals surface area contributed by atoms with Crippen LogP contribution >= 0.6 is 23.2 Å². The molecule has 118 valence electrons. The maximum atomic E-state index is 13.0. The van der Waals surface area contributed by atoms with Gasteiger partial charge in [0.25, 0.3) is 0 Å². The van der Waals surface area contributed by atoms with E-state index in [1.807, 2.05) is 0 Å². The summed E-state index contributed by atoms with van der Waals surface area (Å²) in [6.45, 7) is -3.36. The van der Waals surface area contributed by atoms with Crippen molar-refractivity contribution in [1.82, 2.24) is 0 Å². The summed E-state index contributed by atoms with van der Waals surface area (Å²) in [7, 11) is 0. The highest BCUT2D eigenvalue weighted by molar-refractivity contribution is 6.36. The second-order valence-corrected chi connectivity index (χ2v) is 5.06. The summed E-state index contributed by atoms with van der Waals surface area (Å²) >= 11 is 11.7. The molecule has 2 aromatic rings. The number of hydrogen-bond acceptors (Lipinski definition) is 1. The van der Waals surface area contributed by atoms with E-state index in [4.69, 9.17) is 23.2 Å². The third-order valence-corrected chi connectivity index (χ3v) is 3.29. The summed E-state index contributed by atoms with van der Waals surface area (Å²) in [6.07, 6.45) is -4.85. The molecule has 0 spiro atoms. The smallest absolute Gasteiger partial charge is 0.419 e. The molecule has 0 atom stereocenters. The van der Waals surface area contributed by atoms with Crippen molar-refractivity contribution in [2.45, 2.75) is 12.8 Å². The van der Waals surface area contributed by atoms with E-state index in [-0.39, 0.29) is 10.6 Å². The molecule has 0 N–H and O–H groups in total. The van der Waals surface area contributed by atoms with Gasteiger partial charge in [0.15, 0.2) is 0 Å². The summed E-state index contributed by atoms with van der Waals surface area (Å²) in [5.41, 5.74) is -0.910. The van der Waals surface area contributed by atoms with Crippen LogP contribution in [0.1, 0.15) is 5.56 Å². The lowest BCUT2D eigenvalue weighted by molar-refractivity contribution is -0.141. The maximum Gasteiger partial charge on any atom is 0.419 e. The normalized spacial score (nSPS) is 11.8. The molecule has 0 amide bonds. The summed E-state index contributed by atoms with van der Waals surface area (Å²) in [6, 6.07) is 7.01. The SMILES string of the molecule is FC(F)Oc1ccc(-c2ccc(Cl)cc2Cl)cc1C(F)(F)F. The molecule has 0 aliphatic rings. The van der Waals surface area contributed by atoms with Gasteiger partial charge in [-0.15, -0.1) is 0 Å². The lowest BCUT2D eigenvalue weighted by Gasteiger charge is -2.15. The van der Waals surface area contributed by atoms with Crippen LogP contribution in [0, 0.1) is 0 Å². The van der Waals surface area contributed by atoms with Crippen LogP contribution in [0.25, 0.3) is 11.1 Å². The third kappa shape index (κ3) is 3.81. The van der Waals surface area contributed by atoms with Crippen LogP contribution in [0.5, 0.6) is 5.75 Å². The van der Waals surface area contributed by atoms with E-state index in [1.165, 1.54) is 24.3 Å². The van der Waals surface area contributed by atoms with Crippen molar-refractivity contribution < 1.29 is 26.7 Å². The molecule has 0 heterocycles. The molecule has 2 rings (SSSR count). The van der Waals surface area contributed by atoms with E-state index < -0.39 is 24.1 Å². The molecule has 0 aliphatic heterocycles. The van der Waals surface area contributed by atoms with Crippen molar-refractivity contribution in [2.24, 2.45) is 0 Å². The fourth-order valence-electron chi connectivity index (χ4n) is 1.84. The van der Waals surface area contributed by atoms with Crippen molar-refractivity contribution in [2.75, 3.05) is 0 Å². The van der Waals surface area contributed by atoms with Gasteiger partial charge in [-0.3, -0.25) is 0 Å². The summed E-state index contributed by atoms with van der Waals surface area (Å²) < 4.78 is 67.2. The first-order valence-electron chi connectivity index (χ1n) is 5.80. The van der Waals surface area contributed by atoms with E-state index >= 15 is 0 Å². The fraction of sp³-hybridized carbons (Fsp3) is 0.143. The number of halogens is 7. The van der Waals surface area contributed by atoms with Crippen LogP contribution in [0.3, 0.4) is 0 Å². The van der Waals surface area contributed by atoms with Gasteiger partial charge in [-0.05, 0) is 29.8 Å². The minimum atomic E-state index is -4.85. The summed E-state index contributed by atoms with van der Waals surface area (Å²) in [5.74, 6) is -0.948. The first-order chi connectivity index (χ1) is 10.2. The summed E-state index contributed by atoms with van der Waals surface area (Å²) in [4.78, 5) is 0. The second kappa shape index (κ2) is 6.30. The van der Waals surface area contributed by atoms with Gasteiger partial charge in [0, 0.05) is 15.6 Å². The first kappa shape index (κ1) is 16.8. The average molecular weight is 357 g/mol. The van der Waals surface area contributed by atoms with Crippen LogP contribution < -0.4 is 4.74 Å². The number of benzene rings is 2. The van der Waals surface area contributed by atoms with E-state index in [1.54, 1.807) is 0 Å². The molecule has 22 heavy (non-hydrogen) atoms. The van der Waals surface area contributed by atoms with E-state index in [0.29, 0.717) is 16.7 Å². The first-order valence-corrected chi connectivity index (χ1v) is 6.55. The zero-order valence-corrected chi connectivity index (χ0v) is 12.1. The van der Waals surface area contributed by atoms with E-state index in [2.05, 4.69) is 4.74 Å². The van der Waals surface area contributed by atoms with Crippen LogP contribution in [0.4, 0.5) is 22.0 Å². The van der Waals surface area contributed by atoms with Crippen LogP contribution in [0.15, 0.2) is 36.4 Å². The molecular formula is C14H7Cl2F5O. The Morgan fingerprint density at radius 3 is 2.18 bits per heavy atom. The molecule has 2 aromatic carbocycles. The quantitative estimate of drug-likeness (QED) is 0.588. The Morgan fingerprint density at radius 1 is 0.955 bits per heavy atom. The molecule has 0 bridgehead atoms. The molecule has 0 radical (unpaired) electrons. The molecular weight excluding hydrogens is 350 g/mol. The Hall–Kier alpha value is -1.53. The topological polar surface area (TPSA) is 9.23 Å². The standard InChI is InChI=1S/C14H7Cl2F5O/c15-8-2-3-9(11(16)6-8)7-1-4-12(22-13(17)18)10(5-7)14(19,20)21/h1-6,13H. The van der Waals surface area contributed by atoms with Gasteiger partial charge in [-0.2, -0.15) is 22.0 Å². The Balaban J connectivity index is 2.55. The zero-order chi connectivity index (χ0) is 16.5. The zero-order valence-electron chi connectivity index (χ0n) is 10.6. The largest absolute Gasteiger partial charge is 0.434 e. The van der Waals surface area contributed by atoms with Crippen LogP contribution in [0.2, 0.25) is 10.0 Å². The molecule has 0 unspecified atom stereocenters. The molecule has 8 heteroatoms. The maximum absolute atomic E-state index is 13.0. The minimum Gasteiger partial charge on any atom is -0.434 e. The van der Waals surface area contributed by atoms with E-state index in [9.17, 15) is 22.0 Å². The van der Waals surface area contributed by atoms with Crippen molar-refractivity contribution >= 4 is 23.2 Å². The molecule has 0 saturated heterocycles. The average Bonchev–Trinajstić information content (AvgIpc) is 2.37. The lowest BCUT2D eigenvalue weighted by Crippen LogP contribution is -2.11. The van der Waals surface area contributed by atoms with Gasteiger partial charge in [0.1, 0.15) is 5.75 Å². The molecule has 1 nitrogen and oxygen atoms in total. The highest BCUT2D eigenvalue weighted by Gasteiger charge is 2.35. The summed E-state index contributed by atoms with van der Waals surface area (Å²) in [5, 5.41) is 0.464. The number of rotatable bonds is 3. The Labute approximate surface area is 132 Å². The lowest BCUT2D eigenvalue weighted by atomic mass is 10.0. The Kier molecular flexibility index (Phi) is 4.82. The molecule has 0 fully saturated rings. The van der Waals surface area contributed by atoms with Crippen molar-refractivity contribution in [1.29, 1.82) is 0 Å². The predicted molar refractivity (Wildman–Crippen MR) is 73.5 cm³/mol. The number of ether oxygens (including phenoxy) is 1. The van der Waals surface area contributed by atoms with Gasteiger partial charge >= 0.3 is 12.8 Å². The van der Waals surface area contributed by atoms with Crippen molar-refractivity contribution in [3.63, 3.8) is 0 Å². The Bertz CT molecular complexity index is 685. The highest BCUT2D eigenvalue weighted by atomic mass is 35.5. The highest BCUT2D eigenvalue weighted by Crippen LogP contribution is 2.40. The minimum absolute atomic E-state index is 0.107. The predicted octanol–water partition coefficient (Wildman–Crippen LogP) is 6.28. The van der Waals surface area contributed by atoms with Gasteiger partial charge in [-0.25, -0.2) is 0 Å². The monoisotopic (exact) mass is 356 g/mol. The van der Waals surface area contributed by atoms with Gasteiger partial charge in [-0.1, -0.05) is 35.3 Å². The third-order valence-electron chi connectivity index (χ3n) is 2.74. The van der Waals surface area contributed by atoms with Gasteiger partial charge < -0.3 is 4.74 Å². The second-order valence-electron chi connectivity index (χ2n) is 4.21. The fourth-order valence-corrected chi connectivity index (χ4v) is 2.36. The van der Waals surface area contributed by atoms with Crippen molar-refractivity contribution in [3.8, 4) is 16.9 Å². The van der Waals surface area contributed by atoms with Crippen LogP contribution in [-0.2, 0) is 6.18 Å². The molecule has 0 saturated carbocycles. The van der Waals surface area contributed by atoms with Gasteiger partial charge in [0.05, 0.1) is 5.56 Å². The van der Waals surface area contributed by atoms with Crippen molar-refractivity contribution in [3.05, 3.63) is 52.0 Å². The van der Waals surface area contributed by atoms with E-state index in [0.717, 1.165) is 6.07 Å². The van der Waals surface area contributed by atoms with Gasteiger partial charge in [0.2, 0.25) is 0 Å². The van der Waals surface area contributed by atoms with Crippen LogP contribution in [-0.4, -0.2) is 6.61 Å². The number of alkyl halides is 5. The Morgan fingerprint density at radius 2 is 1.64 bits per heavy atom.